The van der Waals surface area contributed by atoms with Crippen molar-refractivity contribution in [2.75, 3.05) is 5.73 Å². The van der Waals surface area contributed by atoms with Gasteiger partial charge in [0.05, 0.1) is 17.8 Å². The van der Waals surface area contributed by atoms with E-state index >= 15 is 0 Å². The van der Waals surface area contributed by atoms with E-state index < -0.39 is 4.92 Å². The number of nitrogens with zero attached hydrogens (tertiary/aromatic N) is 3. The number of hydrogen-bond acceptors (Lipinski definition) is 5. The Labute approximate surface area is 116 Å². The van der Waals surface area contributed by atoms with Crippen LogP contribution >= 0.6 is 15.9 Å². The number of halogens is 1. The van der Waals surface area contributed by atoms with Gasteiger partial charge in [-0.1, -0.05) is 0 Å². The van der Waals surface area contributed by atoms with Crippen molar-refractivity contribution in [2.24, 2.45) is 0 Å². The first-order valence-corrected chi connectivity index (χ1v) is 6.01. The normalized spacial score (nSPS) is 10.4. The number of rotatable bonds is 3. The van der Waals surface area contributed by atoms with E-state index in [4.69, 9.17) is 5.73 Å². The summed E-state index contributed by atoms with van der Waals surface area (Å²) in [6, 6.07) is 4.12. The summed E-state index contributed by atoms with van der Waals surface area (Å²) in [5.74, 6) is 0. The third-order valence-electron chi connectivity index (χ3n) is 2.54. The highest BCUT2D eigenvalue weighted by Gasteiger charge is 2.10. The Morgan fingerprint density at radius 1 is 1.47 bits per heavy atom. The maximum absolute atomic E-state index is 11.8. The smallest absolute Gasteiger partial charge is 0.269 e. The van der Waals surface area contributed by atoms with Crippen molar-refractivity contribution < 1.29 is 4.92 Å². The lowest BCUT2D eigenvalue weighted by molar-refractivity contribution is -0.384. The lowest BCUT2D eigenvalue weighted by atomic mass is 10.1. The van der Waals surface area contributed by atoms with Crippen molar-refractivity contribution in [3.05, 3.63) is 61.2 Å². The Kier molecular flexibility index (Phi) is 3.61. The molecule has 0 saturated heterocycles. The summed E-state index contributed by atoms with van der Waals surface area (Å²) in [6.45, 7) is 0.124. The first-order chi connectivity index (χ1) is 8.99. The summed E-state index contributed by atoms with van der Waals surface area (Å²) in [5, 5.41) is 10.7. The maximum atomic E-state index is 11.8. The highest BCUT2D eigenvalue weighted by atomic mass is 79.9. The molecular weight excluding hydrogens is 316 g/mol. The van der Waals surface area contributed by atoms with Gasteiger partial charge in [0, 0.05) is 29.6 Å². The Hall–Kier alpha value is -2.22. The number of anilines is 1. The van der Waals surface area contributed by atoms with E-state index in [1.54, 1.807) is 0 Å². The first kappa shape index (κ1) is 13.2. The van der Waals surface area contributed by atoms with Crippen LogP contribution in [0.2, 0.25) is 0 Å². The molecule has 7 nitrogen and oxygen atoms in total. The number of benzene rings is 1. The number of hydrogen-bond donors (Lipinski definition) is 1. The van der Waals surface area contributed by atoms with E-state index in [9.17, 15) is 14.9 Å². The Balaban J connectivity index is 2.43. The van der Waals surface area contributed by atoms with Gasteiger partial charge in [-0.3, -0.25) is 19.5 Å². The van der Waals surface area contributed by atoms with E-state index in [0.29, 0.717) is 15.7 Å². The van der Waals surface area contributed by atoms with Crippen molar-refractivity contribution in [3.63, 3.8) is 0 Å². The molecule has 0 aliphatic heterocycles. The molecule has 0 atom stereocenters. The molecular formula is C11H9BrN4O3. The van der Waals surface area contributed by atoms with Gasteiger partial charge in [0.2, 0.25) is 0 Å². The highest BCUT2D eigenvalue weighted by Crippen LogP contribution is 2.20. The fraction of sp³-hybridized carbons (Fsp3) is 0.0909. The predicted molar refractivity (Wildman–Crippen MR) is 72.8 cm³/mol. The topological polar surface area (TPSA) is 104 Å². The van der Waals surface area contributed by atoms with E-state index in [0.717, 1.165) is 0 Å². The Morgan fingerprint density at radius 2 is 2.21 bits per heavy atom. The van der Waals surface area contributed by atoms with Gasteiger partial charge in [-0.05, 0) is 22.0 Å². The number of nitrogen functional groups attached to an aromatic ring is 1. The molecule has 0 spiro atoms. The molecule has 2 rings (SSSR count). The first-order valence-electron chi connectivity index (χ1n) is 5.22. The standard InChI is InChI=1S/C11H9BrN4O3/c12-9-4-14-6-15(11(9)17)5-7-3-8(16(18)19)1-2-10(7)13/h1-4,6H,5,13H2. The van der Waals surface area contributed by atoms with Gasteiger partial charge in [0.25, 0.3) is 11.2 Å². The zero-order valence-electron chi connectivity index (χ0n) is 9.62. The van der Waals surface area contributed by atoms with Crippen LogP contribution in [0.1, 0.15) is 5.56 Å². The second-order valence-corrected chi connectivity index (χ2v) is 4.67. The molecule has 0 fully saturated rings. The number of non-ortho nitro benzene ring substituents is 1. The van der Waals surface area contributed by atoms with Gasteiger partial charge in [-0.15, -0.1) is 0 Å². The minimum atomic E-state index is -0.509. The average molecular weight is 325 g/mol. The third-order valence-corrected chi connectivity index (χ3v) is 3.08. The number of nitro benzene ring substituents is 1. The predicted octanol–water partition coefficient (Wildman–Crippen LogP) is 1.54. The number of nitro groups is 1. The zero-order valence-corrected chi connectivity index (χ0v) is 11.2. The van der Waals surface area contributed by atoms with Crippen LogP contribution < -0.4 is 11.3 Å². The van der Waals surface area contributed by atoms with Crippen LogP contribution in [0.4, 0.5) is 11.4 Å². The third kappa shape index (κ3) is 2.79. The van der Waals surface area contributed by atoms with E-state index in [1.165, 1.54) is 35.3 Å². The molecule has 0 bridgehead atoms. The summed E-state index contributed by atoms with van der Waals surface area (Å²) in [6.07, 6.45) is 2.74. The summed E-state index contributed by atoms with van der Waals surface area (Å²) in [4.78, 5) is 25.9. The average Bonchev–Trinajstić information content (AvgIpc) is 2.37. The fourth-order valence-corrected chi connectivity index (χ4v) is 1.91. The molecule has 98 valence electrons. The Morgan fingerprint density at radius 3 is 2.89 bits per heavy atom. The van der Waals surface area contributed by atoms with Crippen LogP contribution in [-0.2, 0) is 6.54 Å². The van der Waals surface area contributed by atoms with Crippen LogP contribution in [0.5, 0.6) is 0 Å². The van der Waals surface area contributed by atoms with Crippen molar-refractivity contribution in [1.29, 1.82) is 0 Å². The summed E-state index contributed by atoms with van der Waals surface area (Å²) in [7, 11) is 0. The molecule has 8 heteroatoms. The highest BCUT2D eigenvalue weighted by molar-refractivity contribution is 9.10. The molecule has 0 amide bonds. The molecule has 0 unspecified atom stereocenters. The quantitative estimate of drug-likeness (QED) is 0.524. The Bertz CT molecular complexity index is 699. The molecule has 0 aliphatic carbocycles. The van der Waals surface area contributed by atoms with Crippen LogP contribution in [-0.4, -0.2) is 14.5 Å². The van der Waals surface area contributed by atoms with Gasteiger partial charge in [0.15, 0.2) is 0 Å². The van der Waals surface area contributed by atoms with Gasteiger partial charge < -0.3 is 5.73 Å². The molecule has 2 N–H and O–H groups in total. The van der Waals surface area contributed by atoms with Crippen molar-refractivity contribution in [2.45, 2.75) is 6.54 Å². The monoisotopic (exact) mass is 324 g/mol. The van der Waals surface area contributed by atoms with Crippen LogP contribution in [0.15, 0.2) is 40.0 Å². The van der Waals surface area contributed by atoms with Crippen molar-refractivity contribution >= 4 is 27.3 Å². The lowest BCUT2D eigenvalue weighted by Gasteiger charge is -2.08. The van der Waals surface area contributed by atoms with Gasteiger partial charge in [-0.25, -0.2) is 4.98 Å². The molecule has 1 aromatic carbocycles. The van der Waals surface area contributed by atoms with Crippen molar-refractivity contribution in [1.82, 2.24) is 9.55 Å². The molecule has 0 aliphatic rings. The zero-order chi connectivity index (χ0) is 14.0. The van der Waals surface area contributed by atoms with E-state index in [1.807, 2.05) is 0 Å². The van der Waals surface area contributed by atoms with Gasteiger partial charge in [-0.2, -0.15) is 0 Å². The minimum Gasteiger partial charge on any atom is -0.398 e. The number of aromatic nitrogens is 2. The lowest BCUT2D eigenvalue weighted by Crippen LogP contribution is -2.21. The van der Waals surface area contributed by atoms with Crippen LogP contribution in [0, 0.1) is 10.1 Å². The van der Waals surface area contributed by atoms with Crippen LogP contribution in [0.25, 0.3) is 0 Å². The second-order valence-electron chi connectivity index (χ2n) is 3.81. The van der Waals surface area contributed by atoms with Gasteiger partial charge >= 0.3 is 0 Å². The number of nitrogens with two attached hydrogens (primary N) is 1. The van der Waals surface area contributed by atoms with Crippen LogP contribution in [0.3, 0.4) is 0 Å². The second kappa shape index (κ2) is 5.19. The summed E-state index contributed by atoms with van der Waals surface area (Å²) < 4.78 is 1.64. The summed E-state index contributed by atoms with van der Waals surface area (Å²) >= 11 is 3.08. The largest absolute Gasteiger partial charge is 0.398 e. The maximum Gasteiger partial charge on any atom is 0.269 e. The van der Waals surface area contributed by atoms with E-state index in [2.05, 4.69) is 20.9 Å². The fourth-order valence-electron chi connectivity index (χ4n) is 1.56. The van der Waals surface area contributed by atoms with E-state index in [-0.39, 0.29) is 17.8 Å². The summed E-state index contributed by atoms with van der Waals surface area (Å²) in [5.41, 5.74) is 6.29. The van der Waals surface area contributed by atoms with Gasteiger partial charge in [0.1, 0.15) is 4.47 Å². The molecule has 1 aromatic heterocycles. The molecule has 1 heterocycles. The SMILES string of the molecule is Nc1ccc([N+](=O)[O-])cc1Cn1cncc(Br)c1=O. The van der Waals surface area contributed by atoms with Crippen molar-refractivity contribution in [3.8, 4) is 0 Å². The minimum absolute atomic E-state index is 0.0693. The molecule has 2 aromatic rings. The molecule has 19 heavy (non-hydrogen) atoms. The molecule has 0 saturated carbocycles. The molecule has 0 radical (unpaired) electrons.